The molecule has 1 aromatic carbocycles. The van der Waals surface area contributed by atoms with Crippen molar-refractivity contribution in [3.05, 3.63) is 46.2 Å². The number of allylic oxidation sites excluding steroid dienone is 1. The molecule has 1 unspecified atom stereocenters. The molecule has 0 fully saturated rings. The molecule has 0 amide bonds. The summed E-state index contributed by atoms with van der Waals surface area (Å²) in [6.45, 7) is 0. The van der Waals surface area contributed by atoms with Gasteiger partial charge in [0.2, 0.25) is 0 Å². The molecule has 0 saturated heterocycles. The number of thiocarbonyl (C=S) groups is 1. The Morgan fingerprint density at radius 3 is 2.88 bits per heavy atom. The fourth-order valence-corrected chi connectivity index (χ4v) is 2.68. The van der Waals surface area contributed by atoms with E-state index in [4.69, 9.17) is 23.8 Å². The van der Waals surface area contributed by atoms with Crippen molar-refractivity contribution in [1.29, 1.82) is 0 Å². The maximum absolute atomic E-state index is 5.98. The van der Waals surface area contributed by atoms with E-state index in [9.17, 15) is 0 Å². The average molecular weight is 250 g/mol. The molecule has 1 N–H and O–H groups in total. The first-order chi connectivity index (χ1) is 7.72. The summed E-state index contributed by atoms with van der Waals surface area (Å²) in [6, 6.07) is 6.11. The van der Waals surface area contributed by atoms with Crippen molar-refractivity contribution in [2.75, 3.05) is 0 Å². The van der Waals surface area contributed by atoms with Gasteiger partial charge < -0.3 is 5.32 Å². The Morgan fingerprint density at radius 2 is 2.12 bits per heavy atom. The highest BCUT2D eigenvalue weighted by atomic mass is 35.5. The maximum atomic E-state index is 5.98. The predicted molar refractivity (Wildman–Crippen MR) is 68.3 cm³/mol. The van der Waals surface area contributed by atoms with E-state index in [0.29, 0.717) is 11.0 Å². The van der Waals surface area contributed by atoms with E-state index < -0.39 is 0 Å². The van der Waals surface area contributed by atoms with Crippen LogP contribution in [0, 0.1) is 5.92 Å². The van der Waals surface area contributed by atoms with Crippen molar-refractivity contribution < 1.29 is 0 Å². The summed E-state index contributed by atoms with van der Waals surface area (Å²) in [5.74, 6) is 0.446. The topological polar surface area (TPSA) is 26.1 Å². The predicted octanol–water partition coefficient (Wildman–Crippen LogP) is 2.39. The summed E-state index contributed by atoms with van der Waals surface area (Å²) in [7, 11) is 0. The maximum Gasteiger partial charge on any atom is 0.197 e. The number of rotatable bonds is 1. The summed E-state index contributed by atoms with van der Waals surface area (Å²) >= 11 is 11.0. The fraction of sp³-hybridized carbons (Fsp3) is 0.250. The van der Waals surface area contributed by atoms with Crippen molar-refractivity contribution in [1.82, 2.24) is 10.6 Å². The van der Waals surface area contributed by atoms with Gasteiger partial charge in [-0.3, -0.25) is 0 Å². The molecule has 2 nitrogen and oxygen atoms in total. The fourth-order valence-electron chi connectivity index (χ4n) is 2.32. The lowest BCUT2D eigenvalue weighted by Crippen LogP contribution is -2.18. The second-order valence-corrected chi connectivity index (χ2v) is 4.97. The van der Waals surface area contributed by atoms with Gasteiger partial charge in [-0.15, -0.1) is 0 Å². The SMILES string of the molecule is S=C1[N]C(C2Cc3ccc(Cl)cc3C2)=CN1. The summed E-state index contributed by atoms with van der Waals surface area (Å²) in [4.78, 5) is 0. The van der Waals surface area contributed by atoms with Gasteiger partial charge in [-0.2, -0.15) is 0 Å². The van der Waals surface area contributed by atoms with Crippen LogP contribution in [0.2, 0.25) is 5.02 Å². The second-order valence-electron chi connectivity index (χ2n) is 4.15. The number of benzene rings is 1. The van der Waals surface area contributed by atoms with Crippen molar-refractivity contribution in [2.24, 2.45) is 5.92 Å². The van der Waals surface area contributed by atoms with E-state index in [1.807, 2.05) is 12.3 Å². The Bertz CT molecular complexity index is 496. The molecule has 0 saturated carbocycles. The van der Waals surface area contributed by atoms with Gasteiger partial charge in [0, 0.05) is 17.1 Å². The zero-order valence-electron chi connectivity index (χ0n) is 8.53. The van der Waals surface area contributed by atoms with Crippen LogP contribution < -0.4 is 10.6 Å². The number of nitrogens with zero attached hydrogens (tertiary/aromatic N) is 1. The summed E-state index contributed by atoms with van der Waals surface area (Å²) in [5.41, 5.74) is 3.78. The molecule has 2 aliphatic rings. The zero-order chi connectivity index (χ0) is 11.1. The summed E-state index contributed by atoms with van der Waals surface area (Å²) in [6.07, 6.45) is 3.96. The Labute approximate surface area is 105 Å². The number of halogens is 1. The van der Waals surface area contributed by atoms with Crippen LogP contribution in [0.15, 0.2) is 30.1 Å². The largest absolute Gasteiger partial charge is 0.336 e. The highest BCUT2D eigenvalue weighted by Crippen LogP contribution is 2.32. The van der Waals surface area contributed by atoms with Crippen LogP contribution in [0.3, 0.4) is 0 Å². The first-order valence-electron chi connectivity index (χ1n) is 5.22. The Hall–Kier alpha value is -1.06. The van der Waals surface area contributed by atoms with E-state index in [-0.39, 0.29) is 0 Å². The van der Waals surface area contributed by atoms with Gasteiger partial charge in [-0.25, -0.2) is 5.32 Å². The second kappa shape index (κ2) is 3.75. The number of hydrogen-bond acceptors (Lipinski definition) is 1. The van der Waals surface area contributed by atoms with E-state index in [1.165, 1.54) is 11.1 Å². The number of nitrogens with one attached hydrogen (secondary N) is 1. The van der Waals surface area contributed by atoms with Crippen LogP contribution in [0.1, 0.15) is 11.1 Å². The van der Waals surface area contributed by atoms with E-state index in [0.717, 1.165) is 23.6 Å². The smallest absolute Gasteiger partial charge is 0.197 e. The summed E-state index contributed by atoms with van der Waals surface area (Å²) in [5, 5.41) is 8.67. The molecular formula is C12H10ClN2S. The minimum absolute atomic E-state index is 0.446. The first-order valence-corrected chi connectivity index (χ1v) is 6.00. The van der Waals surface area contributed by atoms with Gasteiger partial charge in [0.1, 0.15) is 0 Å². The molecule has 4 heteroatoms. The van der Waals surface area contributed by atoms with E-state index >= 15 is 0 Å². The van der Waals surface area contributed by atoms with Gasteiger partial charge in [0.05, 0.1) is 5.70 Å². The molecule has 1 radical (unpaired) electrons. The molecule has 1 aromatic rings. The van der Waals surface area contributed by atoms with Crippen LogP contribution in [-0.4, -0.2) is 5.11 Å². The van der Waals surface area contributed by atoms with Gasteiger partial charge in [-0.1, -0.05) is 17.7 Å². The molecule has 0 bridgehead atoms. The lowest BCUT2D eigenvalue weighted by molar-refractivity contribution is 0.633. The zero-order valence-corrected chi connectivity index (χ0v) is 10.1. The molecule has 16 heavy (non-hydrogen) atoms. The molecular weight excluding hydrogens is 240 g/mol. The average Bonchev–Trinajstić information content (AvgIpc) is 2.83. The normalized spacial score (nSPS) is 22.4. The first kappa shape index (κ1) is 10.1. The highest BCUT2D eigenvalue weighted by Gasteiger charge is 2.28. The Morgan fingerprint density at radius 1 is 1.31 bits per heavy atom. The van der Waals surface area contributed by atoms with Crippen LogP contribution in [0.4, 0.5) is 0 Å². The molecule has 1 aliphatic heterocycles. The minimum Gasteiger partial charge on any atom is -0.336 e. The van der Waals surface area contributed by atoms with Crippen LogP contribution in [0.25, 0.3) is 0 Å². The van der Waals surface area contributed by atoms with Gasteiger partial charge in [0.15, 0.2) is 5.11 Å². The molecule has 1 atom stereocenters. The lowest BCUT2D eigenvalue weighted by atomic mass is 10.0. The van der Waals surface area contributed by atoms with Gasteiger partial charge in [0.25, 0.3) is 0 Å². The third-order valence-corrected chi connectivity index (χ3v) is 3.54. The molecule has 81 valence electrons. The molecule has 0 spiro atoms. The van der Waals surface area contributed by atoms with Crippen molar-refractivity contribution in [3.8, 4) is 0 Å². The van der Waals surface area contributed by atoms with Crippen molar-refractivity contribution >= 4 is 28.9 Å². The van der Waals surface area contributed by atoms with E-state index in [2.05, 4.69) is 22.8 Å². The Kier molecular flexibility index (Phi) is 2.37. The third-order valence-electron chi connectivity index (χ3n) is 3.09. The van der Waals surface area contributed by atoms with Gasteiger partial charge >= 0.3 is 0 Å². The molecule has 1 heterocycles. The number of fused-ring (bicyclic) bond motifs is 1. The molecule has 1 aliphatic carbocycles. The van der Waals surface area contributed by atoms with Gasteiger partial charge in [-0.05, 0) is 48.3 Å². The minimum atomic E-state index is 0.446. The van der Waals surface area contributed by atoms with E-state index in [1.54, 1.807) is 0 Å². The van der Waals surface area contributed by atoms with Crippen LogP contribution >= 0.6 is 23.8 Å². The number of hydrogen-bond donors (Lipinski definition) is 1. The van der Waals surface area contributed by atoms with Crippen LogP contribution in [0.5, 0.6) is 0 Å². The standard InChI is InChI=1S/C12H10ClN2S/c13-10-2-1-7-3-9(4-8(7)5-10)11-6-14-12(16)15-11/h1-2,5-6,9H,3-4H2,(H,14,16). The summed E-state index contributed by atoms with van der Waals surface area (Å²) < 4.78 is 0. The Balaban J connectivity index is 1.83. The third kappa shape index (κ3) is 1.70. The molecule has 3 rings (SSSR count). The highest BCUT2D eigenvalue weighted by molar-refractivity contribution is 7.80. The van der Waals surface area contributed by atoms with Crippen molar-refractivity contribution in [3.63, 3.8) is 0 Å². The monoisotopic (exact) mass is 249 g/mol. The van der Waals surface area contributed by atoms with Crippen LogP contribution in [-0.2, 0) is 12.8 Å². The van der Waals surface area contributed by atoms with Crippen molar-refractivity contribution in [2.45, 2.75) is 12.8 Å². The molecule has 0 aromatic heterocycles. The quantitative estimate of drug-likeness (QED) is 0.774. The lowest BCUT2D eigenvalue weighted by Gasteiger charge is -2.07.